The van der Waals surface area contributed by atoms with Crippen molar-refractivity contribution in [1.29, 1.82) is 0 Å². The van der Waals surface area contributed by atoms with Gasteiger partial charge in [0.25, 0.3) is 5.69 Å². The molecule has 11 nitrogen and oxygen atoms in total. The van der Waals surface area contributed by atoms with Crippen molar-refractivity contribution < 1.29 is 33.6 Å². The SMILES string of the molecule is CC(C)(C)OC(=O)N[C@@H](CC(N)=O)C(=O)OCC(=O)c1cccc([N+](=O)[O-])c1. The number of carbonyl (C=O) groups excluding carboxylic acids is 4. The molecule has 1 aromatic rings. The van der Waals surface area contributed by atoms with Gasteiger partial charge in [-0.25, -0.2) is 9.59 Å². The predicted molar refractivity (Wildman–Crippen MR) is 95.4 cm³/mol. The lowest BCUT2D eigenvalue weighted by Crippen LogP contribution is -2.46. The lowest BCUT2D eigenvalue weighted by molar-refractivity contribution is -0.384. The van der Waals surface area contributed by atoms with Gasteiger partial charge in [-0.1, -0.05) is 12.1 Å². The normalized spacial score (nSPS) is 11.8. The van der Waals surface area contributed by atoms with E-state index in [0.29, 0.717) is 0 Å². The number of nitro benzene ring substituents is 1. The van der Waals surface area contributed by atoms with Crippen molar-refractivity contribution in [2.24, 2.45) is 5.73 Å². The lowest BCUT2D eigenvalue weighted by atomic mass is 10.1. The van der Waals surface area contributed by atoms with Crippen molar-refractivity contribution in [2.75, 3.05) is 6.61 Å². The molecule has 1 atom stereocenters. The molecule has 0 aliphatic carbocycles. The van der Waals surface area contributed by atoms with Gasteiger partial charge >= 0.3 is 12.1 Å². The Morgan fingerprint density at radius 1 is 1.25 bits per heavy atom. The van der Waals surface area contributed by atoms with Crippen LogP contribution in [0.25, 0.3) is 0 Å². The third kappa shape index (κ3) is 7.81. The van der Waals surface area contributed by atoms with Crippen LogP contribution in [-0.2, 0) is 19.1 Å². The number of ether oxygens (including phenoxy) is 2. The van der Waals surface area contributed by atoms with Crippen molar-refractivity contribution in [3.8, 4) is 0 Å². The minimum Gasteiger partial charge on any atom is -0.456 e. The number of nitrogens with two attached hydrogens (primary N) is 1. The summed E-state index contributed by atoms with van der Waals surface area (Å²) in [4.78, 5) is 57.2. The number of nitro groups is 1. The monoisotopic (exact) mass is 395 g/mol. The summed E-state index contributed by atoms with van der Waals surface area (Å²) in [6.07, 6.45) is -1.54. The summed E-state index contributed by atoms with van der Waals surface area (Å²) in [5, 5.41) is 12.9. The van der Waals surface area contributed by atoms with Crippen LogP contribution in [0.4, 0.5) is 10.5 Å². The fourth-order valence-electron chi connectivity index (χ4n) is 1.96. The van der Waals surface area contributed by atoms with E-state index in [0.717, 1.165) is 6.07 Å². The maximum Gasteiger partial charge on any atom is 0.408 e. The highest BCUT2D eigenvalue weighted by atomic mass is 16.6. The molecule has 0 heterocycles. The molecular weight excluding hydrogens is 374 g/mol. The smallest absolute Gasteiger partial charge is 0.408 e. The number of carbonyl (C=O) groups is 4. The number of ketones is 1. The molecule has 2 amide bonds. The third-order valence-electron chi connectivity index (χ3n) is 3.11. The Hall–Kier alpha value is -3.50. The zero-order valence-corrected chi connectivity index (χ0v) is 15.6. The summed E-state index contributed by atoms with van der Waals surface area (Å²) in [5.41, 5.74) is 3.88. The topological polar surface area (TPSA) is 168 Å². The molecule has 0 spiro atoms. The molecule has 0 radical (unpaired) electrons. The van der Waals surface area contributed by atoms with E-state index in [1.807, 2.05) is 0 Å². The van der Waals surface area contributed by atoms with E-state index < -0.39 is 53.3 Å². The number of hydrogen-bond donors (Lipinski definition) is 2. The van der Waals surface area contributed by atoms with Crippen LogP contribution in [0.3, 0.4) is 0 Å². The number of hydrogen-bond acceptors (Lipinski definition) is 8. The van der Waals surface area contributed by atoms with Crippen LogP contribution in [0.5, 0.6) is 0 Å². The van der Waals surface area contributed by atoms with E-state index in [1.54, 1.807) is 20.8 Å². The number of nitrogens with one attached hydrogen (secondary N) is 1. The summed E-state index contributed by atoms with van der Waals surface area (Å²) in [6.45, 7) is 4.06. The number of Topliss-reactive ketones (excluding diaryl/α,β-unsaturated/α-hetero) is 1. The second-order valence-electron chi connectivity index (χ2n) is 6.71. The highest BCUT2D eigenvalue weighted by molar-refractivity contribution is 5.99. The molecule has 0 unspecified atom stereocenters. The largest absolute Gasteiger partial charge is 0.456 e. The first kappa shape index (κ1) is 22.5. The first-order valence-electron chi connectivity index (χ1n) is 8.11. The van der Waals surface area contributed by atoms with Crippen molar-refractivity contribution in [3.05, 3.63) is 39.9 Å². The number of amides is 2. The highest BCUT2D eigenvalue weighted by Gasteiger charge is 2.27. The Bertz CT molecular complexity index is 785. The van der Waals surface area contributed by atoms with Crippen LogP contribution >= 0.6 is 0 Å². The standard InChI is InChI=1S/C17H21N3O8/c1-17(2,3)28-16(24)19-12(8-14(18)22)15(23)27-9-13(21)10-5-4-6-11(7-10)20(25)26/h4-7,12H,8-9H2,1-3H3,(H2,18,22)(H,19,24)/t12-/m0/s1. The molecule has 152 valence electrons. The van der Waals surface area contributed by atoms with E-state index in [1.165, 1.54) is 18.2 Å². The molecule has 0 aromatic heterocycles. The van der Waals surface area contributed by atoms with E-state index >= 15 is 0 Å². The van der Waals surface area contributed by atoms with Gasteiger partial charge in [-0.3, -0.25) is 19.7 Å². The van der Waals surface area contributed by atoms with Crippen LogP contribution in [0, 0.1) is 10.1 Å². The van der Waals surface area contributed by atoms with Crippen molar-refractivity contribution in [1.82, 2.24) is 5.32 Å². The van der Waals surface area contributed by atoms with Crippen LogP contribution < -0.4 is 11.1 Å². The van der Waals surface area contributed by atoms with Gasteiger partial charge in [-0.2, -0.15) is 0 Å². The molecule has 0 bridgehead atoms. The van der Waals surface area contributed by atoms with Crippen molar-refractivity contribution in [3.63, 3.8) is 0 Å². The fourth-order valence-corrected chi connectivity index (χ4v) is 1.96. The van der Waals surface area contributed by atoms with Crippen LogP contribution in [0.15, 0.2) is 24.3 Å². The van der Waals surface area contributed by atoms with Gasteiger partial charge in [0.05, 0.1) is 11.3 Å². The van der Waals surface area contributed by atoms with Gasteiger partial charge in [0.1, 0.15) is 11.6 Å². The average Bonchev–Trinajstić information content (AvgIpc) is 2.56. The zero-order chi connectivity index (χ0) is 21.5. The number of primary amides is 1. The Kier molecular flexibility index (Phi) is 7.60. The van der Waals surface area contributed by atoms with E-state index in [9.17, 15) is 29.3 Å². The molecule has 11 heteroatoms. The minimum absolute atomic E-state index is 0.0337. The summed E-state index contributed by atoms with van der Waals surface area (Å²) in [6, 6.07) is 3.42. The minimum atomic E-state index is -1.45. The molecule has 0 saturated carbocycles. The molecule has 1 rings (SSSR count). The predicted octanol–water partition coefficient (Wildman–Crippen LogP) is 1.09. The van der Waals surface area contributed by atoms with Crippen molar-refractivity contribution in [2.45, 2.75) is 38.8 Å². The lowest BCUT2D eigenvalue weighted by Gasteiger charge is -2.22. The molecule has 1 aromatic carbocycles. The number of esters is 1. The van der Waals surface area contributed by atoms with Crippen LogP contribution in [0.2, 0.25) is 0 Å². The Balaban J connectivity index is 2.75. The van der Waals surface area contributed by atoms with Gasteiger partial charge in [0.15, 0.2) is 6.61 Å². The number of alkyl carbamates (subject to hydrolysis) is 1. The molecule has 0 saturated heterocycles. The first-order chi connectivity index (χ1) is 12.9. The molecule has 3 N–H and O–H groups in total. The second-order valence-corrected chi connectivity index (χ2v) is 6.71. The summed E-state index contributed by atoms with van der Waals surface area (Å²) < 4.78 is 9.81. The summed E-state index contributed by atoms with van der Waals surface area (Å²) in [5.74, 6) is -2.67. The highest BCUT2D eigenvalue weighted by Crippen LogP contribution is 2.14. The number of non-ortho nitro benzene ring substituents is 1. The van der Waals surface area contributed by atoms with E-state index in [4.69, 9.17) is 15.2 Å². The number of rotatable bonds is 8. The second kappa shape index (κ2) is 9.44. The maximum absolute atomic E-state index is 12.1. The molecular formula is C17H21N3O8. The fraction of sp³-hybridized carbons (Fsp3) is 0.412. The van der Waals surface area contributed by atoms with Gasteiger partial charge < -0.3 is 20.5 Å². The molecule has 0 fully saturated rings. The van der Waals surface area contributed by atoms with Gasteiger partial charge in [-0.05, 0) is 20.8 Å². The van der Waals surface area contributed by atoms with Crippen LogP contribution in [0.1, 0.15) is 37.6 Å². The molecule has 0 aliphatic rings. The molecule has 0 aliphatic heterocycles. The Morgan fingerprint density at radius 2 is 1.89 bits per heavy atom. The number of nitrogens with zero attached hydrogens (tertiary/aromatic N) is 1. The average molecular weight is 395 g/mol. The Labute approximate surface area is 160 Å². The van der Waals surface area contributed by atoms with Crippen molar-refractivity contribution >= 4 is 29.4 Å². The maximum atomic E-state index is 12.1. The quantitative estimate of drug-likeness (QED) is 0.285. The van der Waals surface area contributed by atoms with Gasteiger partial charge in [-0.15, -0.1) is 0 Å². The number of benzene rings is 1. The zero-order valence-electron chi connectivity index (χ0n) is 15.6. The van der Waals surface area contributed by atoms with E-state index in [2.05, 4.69) is 5.32 Å². The van der Waals surface area contributed by atoms with Gasteiger partial charge in [0.2, 0.25) is 11.7 Å². The molecule has 28 heavy (non-hydrogen) atoms. The van der Waals surface area contributed by atoms with Gasteiger partial charge in [0, 0.05) is 17.7 Å². The summed E-state index contributed by atoms with van der Waals surface area (Å²) in [7, 11) is 0. The summed E-state index contributed by atoms with van der Waals surface area (Å²) >= 11 is 0. The third-order valence-corrected chi connectivity index (χ3v) is 3.11. The first-order valence-corrected chi connectivity index (χ1v) is 8.11. The Morgan fingerprint density at radius 3 is 2.43 bits per heavy atom. The van der Waals surface area contributed by atoms with E-state index in [-0.39, 0.29) is 11.3 Å². The van der Waals surface area contributed by atoms with Crippen LogP contribution in [-0.4, -0.2) is 46.9 Å².